The Morgan fingerprint density at radius 3 is 2.69 bits per heavy atom. The summed E-state index contributed by atoms with van der Waals surface area (Å²) in [5.41, 5.74) is 1.74. The monoisotopic (exact) mass is 211 g/mol. The minimum Gasteiger partial charge on any atom is -0.298 e. The van der Waals surface area contributed by atoms with Crippen molar-refractivity contribution < 1.29 is 4.79 Å². The summed E-state index contributed by atoms with van der Waals surface area (Å²) in [4.78, 5) is 14.6. The predicted molar refractivity (Wildman–Crippen MR) is 60.2 cm³/mol. The Kier molecular flexibility index (Phi) is 3.13. The van der Waals surface area contributed by atoms with Gasteiger partial charge in [0.15, 0.2) is 6.29 Å². The molecule has 0 amide bonds. The van der Waals surface area contributed by atoms with Crippen molar-refractivity contribution in [1.29, 1.82) is 0 Å². The van der Waals surface area contributed by atoms with E-state index in [4.69, 9.17) is 0 Å². The number of benzene rings is 1. The summed E-state index contributed by atoms with van der Waals surface area (Å²) in [6.07, 6.45) is 4.03. The smallest absolute Gasteiger partial charge is 0.152 e. The molecular weight excluding hydrogens is 202 g/mol. The zero-order valence-corrected chi connectivity index (χ0v) is 8.45. The number of aldehydes is 1. The van der Waals surface area contributed by atoms with Crippen molar-refractivity contribution in [2.24, 2.45) is 10.2 Å². The molecule has 2 aromatic rings. The van der Waals surface area contributed by atoms with Gasteiger partial charge in [0.25, 0.3) is 0 Å². The van der Waals surface area contributed by atoms with Gasteiger partial charge in [0.1, 0.15) is 5.69 Å². The molecule has 0 fully saturated rings. The second-order valence-corrected chi connectivity index (χ2v) is 3.09. The van der Waals surface area contributed by atoms with Crippen molar-refractivity contribution in [2.45, 2.75) is 0 Å². The van der Waals surface area contributed by atoms with Gasteiger partial charge in [-0.1, -0.05) is 12.1 Å². The lowest BCUT2D eigenvalue weighted by Gasteiger charge is -1.95. The van der Waals surface area contributed by atoms with Gasteiger partial charge in [0.05, 0.1) is 11.9 Å². The van der Waals surface area contributed by atoms with Crippen LogP contribution in [0.4, 0.5) is 11.4 Å². The molecule has 16 heavy (non-hydrogen) atoms. The summed E-state index contributed by atoms with van der Waals surface area (Å²) >= 11 is 0. The summed E-state index contributed by atoms with van der Waals surface area (Å²) in [5.74, 6) is 0. The van der Waals surface area contributed by atoms with E-state index in [2.05, 4.69) is 15.2 Å². The van der Waals surface area contributed by atoms with Gasteiger partial charge in [0, 0.05) is 11.8 Å². The highest BCUT2D eigenvalue weighted by atomic mass is 16.1. The largest absolute Gasteiger partial charge is 0.298 e. The van der Waals surface area contributed by atoms with Crippen LogP contribution in [0.3, 0.4) is 0 Å². The van der Waals surface area contributed by atoms with E-state index < -0.39 is 0 Å². The van der Waals surface area contributed by atoms with Gasteiger partial charge in [-0.3, -0.25) is 9.78 Å². The predicted octanol–water partition coefficient (Wildman–Crippen LogP) is 3.31. The van der Waals surface area contributed by atoms with Crippen LogP contribution in [0.5, 0.6) is 0 Å². The standard InChI is InChI=1S/C12H9N3O/c16-9-10-4-1-2-6-12(10)15-14-11-5-3-7-13-8-11/h1-9H. The molecule has 0 radical (unpaired) electrons. The van der Waals surface area contributed by atoms with Crippen LogP contribution in [0.15, 0.2) is 59.0 Å². The maximum Gasteiger partial charge on any atom is 0.152 e. The van der Waals surface area contributed by atoms with E-state index in [0.717, 1.165) is 6.29 Å². The Balaban J connectivity index is 2.27. The molecule has 0 aliphatic heterocycles. The molecule has 0 aliphatic rings. The lowest BCUT2D eigenvalue weighted by Crippen LogP contribution is -1.78. The summed E-state index contributed by atoms with van der Waals surface area (Å²) in [6.45, 7) is 0. The molecule has 1 aromatic heterocycles. The highest BCUT2D eigenvalue weighted by Crippen LogP contribution is 2.19. The Hall–Kier alpha value is -2.36. The number of aromatic nitrogens is 1. The highest BCUT2D eigenvalue weighted by molar-refractivity contribution is 5.82. The number of nitrogens with zero attached hydrogens (tertiary/aromatic N) is 3. The third-order valence-corrected chi connectivity index (χ3v) is 1.98. The van der Waals surface area contributed by atoms with E-state index in [9.17, 15) is 4.79 Å². The van der Waals surface area contributed by atoms with Gasteiger partial charge in [-0.05, 0) is 24.3 Å². The summed E-state index contributed by atoms with van der Waals surface area (Å²) in [5, 5.41) is 7.99. The van der Waals surface area contributed by atoms with E-state index >= 15 is 0 Å². The first-order valence-corrected chi connectivity index (χ1v) is 4.76. The maximum atomic E-state index is 10.7. The minimum absolute atomic E-state index is 0.523. The molecule has 0 unspecified atom stereocenters. The number of carbonyl (C=O) groups is 1. The first-order chi connectivity index (χ1) is 7.90. The number of hydrogen-bond acceptors (Lipinski definition) is 4. The van der Waals surface area contributed by atoms with Crippen molar-refractivity contribution >= 4 is 17.7 Å². The fourth-order valence-electron chi connectivity index (χ4n) is 1.20. The van der Waals surface area contributed by atoms with Crippen LogP contribution in [0, 0.1) is 0 Å². The fourth-order valence-corrected chi connectivity index (χ4v) is 1.20. The first kappa shape index (κ1) is 10.2. The normalized spacial score (nSPS) is 10.5. The summed E-state index contributed by atoms with van der Waals surface area (Å²) in [6, 6.07) is 10.6. The summed E-state index contributed by atoms with van der Waals surface area (Å²) in [7, 11) is 0. The Labute approximate surface area is 92.7 Å². The number of rotatable bonds is 3. The second kappa shape index (κ2) is 4.93. The zero-order valence-electron chi connectivity index (χ0n) is 8.45. The van der Waals surface area contributed by atoms with Gasteiger partial charge in [-0.15, -0.1) is 10.2 Å². The van der Waals surface area contributed by atoms with Crippen LogP contribution >= 0.6 is 0 Å². The van der Waals surface area contributed by atoms with E-state index in [1.54, 1.807) is 42.7 Å². The van der Waals surface area contributed by atoms with Crippen molar-refractivity contribution in [2.75, 3.05) is 0 Å². The van der Waals surface area contributed by atoms with Gasteiger partial charge < -0.3 is 0 Å². The molecule has 0 atom stereocenters. The van der Waals surface area contributed by atoms with Crippen molar-refractivity contribution in [3.8, 4) is 0 Å². The van der Waals surface area contributed by atoms with Gasteiger partial charge in [-0.2, -0.15) is 0 Å². The van der Waals surface area contributed by atoms with Crippen LogP contribution < -0.4 is 0 Å². The molecule has 2 rings (SSSR count). The zero-order chi connectivity index (χ0) is 11.2. The molecule has 0 saturated heterocycles. The Morgan fingerprint density at radius 2 is 1.94 bits per heavy atom. The molecule has 0 saturated carbocycles. The van der Waals surface area contributed by atoms with Crippen molar-refractivity contribution in [3.05, 3.63) is 54.4 Å². The molecule has 0 spiro atoms. The average molecular weight is 211 g/mol. The maximum absolute atomic E-state index is 10.7. The van der Waals surface area contributed by atoms with Gasteiger partial charge in [0.2, 0.25) is 0 Å². The third kappa shape index (κ3) is 2.36. The van der Waals surface area contributed by atoms with Crippen LogP contribution in [-0.4, -0.2) is 11.3 Å². The SMILES string of the molecule is O=Cc1ccccc1N=Nc1cccnc1. The average Bonchev–Trinajstić information content (AvgIpc) is 2.38. The van der Waals surface area contributed by atoms with Crippen molar-refractivity contribution in [1.82, 2.24) is 4.98 Å². The second-order valence-electron chi connectivity index (χ2n) is 3.09. The Morgan fingerprint density at radius 1 is 1.06 bits per heavy atom. The quantitative estimate of drug-likeness (QED) is 0.577. The molecule has 78 valence electrons. The van der Waals surface area contributed by atoms with Crippen LogP contribution in [0.1, 0.15) is 10.4 Å². The number of pyridine rings is 1. The fraction of sp³-hybridized carbons (Fsp3) is 0. The number of hydrogen-bond donors (Lipinski definition) is 0. The third-order valence-electron chi connectivity index (χ3n) is 1.98. The Bertz CT molecular complexity index is 509. The van der Waals surface area contributed by atoms with E-state index in [1.165, 1.54) is 0 Å². The molecule has 0 aliphatic carbocycles. The molecule has 4 heteroatoms. The van der Waals surface area contributed by atoms with E-state index in [0.29, 0.717) is 16.9 Å². The lowest BCUT2D eigenvalue weighted by atomic mass is 10.2. The highest BCUT2D eigenvalue weighted by Gasteiger charge is 1.97. The molecule has 1 heterocycles. The van der Waals surface area contributed by atoms with Gasteiger partial charge >= 0.3 is 0 Å². The molecule has 4 nitrogen and oxygen atoms in total. The van der Waals surface area contributed by atoms with Crippen LogP contribution in [0.25, 0.3) is 0 Å². The first-order valence-electron chi connectivity index (χ1n) is 4.76. The molecule has 0 N–H and O–H groups in total. The molecular formula is C12H9N3O. The summed E-state index contributed by atoms with van der Waals surface area (Å²) < 4.78 is 0. The van der Waals surface area contributed by atoms with Crippen molar-refractivity contribution in [3.63, 3.8) is 0 Å². The molecule has 1 aromatic carbocycles. The van der Waals surface area contributed by atoms with Gasteiger partial charge in [-0.25, -0.2) is 0 Å². The lowest BCUT2D eigenvalue weighted by molar-refractivity contribution is 0.112. The topological polar surface area (TPSA) is 54.7 Å². The minimum atomic E-state index is 0.523. The van der Waals surface area contributed by atoms with E-state index in [1.807, 2.05) is 6.07 Å². The van der Waals surface area contributed by atoms with Crippen LogP contribution in [0.2, 0.25) is 0 Å². The number of azo groups is 1. The van der Waals surface area contributed by atoms with E-state index in [-0.39, 0.29) is 0 Å². The molecule has 0 bridgehead atoms. The van der Waals surface area contributed by atoms with Crippen LogP contribution in [-0.2, 0) is 0 Å². The number of carbonyl (C=O) groups excluding carboxylic acids is 1.